The summed E-state index contributed by atoms with van der Waals surface area (Å²) in [6, 6.07) is 8.61. The number of thioether (sulfide) groups is 1. The van der Waals surface area contributed by atoms with Crippen molar-refractivity contribution in [3.63, 3.8) is 0 Å². The quantitative estimate of drug-likeness (QED) is 0.759. The van der Waals surface area contributed by atoms with E-state index in [1.807, 2.05) is 11.8 Å². The van der Waals surface area contributed by atoms with Crippen LogP contribution in [0.5, 0.6) is 0 Å². The molecule has 3 nitrogen and oxygen atoms in total. The third kappa shape index (κ3) is 5.09. The van der Waals surface area contributed by atoms with Crippen molar-refractivity contribution in [2.75, 3.05) is 20.3 Å². The molecule has 2 N–H and O–H groups in total. The number of hydrogen-bond donors (Lipinski definition) is 2. The number of aliphatic hydroxyl groups excluding tert-OH is 1. The minimum absolute atomic E-state index is 0.141. The highest BCUT2D eigenvalue weighted by molar-refractivity contribution is 8.00. The lowest BCUT2D eigenvalue weighted by Crippen LogP contribution is -2.26. The van der Waals surface area contributed by atoms with Crippen LogP contribution in [0.2, 0.25) is 0 Å². The molecule has 2 unspecified atom stereocenters. The van der Waals surface area contributed by atoms with Gasteiger partial charge in [-0.15, -0.1) is 11.8 Å². The van der Waals surface area contributed by atoms with E-state index < -0.39 is 0 Å². The Bertz CT molecular complexity index is 400. The smallest absolute Gasteiger partial charge is 0.0662 e. The van der Waals surface area contributed by atoms with Gasteiger partial charge < -0.3 is 15.2 Å². The first-order chi connectivity index (χ1) is 9.79. The van der Waals surface area contributed by atoms with Crippen LogP contribution in [-0.4, -0.2) is 36.7 Å². The summed E-state index contributed by atoms with van der Waals surface area (Å²) in [6.07, 6.45) is 4.35. The highest BCUT2D eigenvalue weighted by Gasteiger charge is 2.23. The first kappa shape index (κ1) is 15.8. The minimum Gasteiger partial charge on any atom is -0.392 e. The number of hydrogen-bond acceptors (Lipinski definition) is 4. The number of nitrogens with one attached hydrogen (secondary N) is 1. The Morgan fingerprint density at radius 1 is 1.35 bits per heavy atom. The number of ether oxygens (including phenoxy) is 1. The molecule has 1 aliphatic carbocycles. The van der Waals surface area contributed by atoms with E-state index in [1.165, 1.54) is 23.3 Å². The molecule has 1 aromatic carbocycles. The van der Waals surface area contributed by atoms with Crippen LogP contribution in [0, 0.1) is 0 Å². The van der Waals surface area contributed by atoms with Crippen molar-refractivity contribution in [3.8, 4) is 0 Å². The van der Waals surface area contributed by atoms with Crippen LogP contribution in [0.15, 0.2) is 29.2 Å². The first-order valence-electron chi connectivity index (χ1n) is 7.43. The molecule has 0 bridgehead atoms. The fourth-order valence-corrected chi connectivity index (χ4v) is 3.83. The molecular weight excluding hydrogens is 270 g/mol. The molecule has 1 saturated carbocycles. The van der Waals surface area contributed by atoms with Crippen LogP contribution in [0.25, 0.3) is 0 Å². The lowest BCUT2D eigenvalue weighted by atomic mass is 9.97. The van der Waals surface area contributed by atoms with Crippen LogP contribution in [-0.2, 0) is 11.3 Å². The molecule has 1 aromatic rings. The van der Waals surface area contributed by atoms with Gasteiger partial charge in [0.25, 0.3) is 0 Å². The van der Waals surface area contributed by atoms with E-state index in [0.717, 1.165) is 32.5 Å². The highest BCUT2D eigenvalue weighted by Crippen LogP contribution is 2.34. The minimum atomic E-state index is -0.141. The lowest BCUT2D eigenvalue weighted by Gasteiger charge is -2.27. The van der Waals surface area contributed by atoms with E-state index in [1.54, 1.807) is 7.11 Å². The van der Waals surface area contributed by atoms with Gasteiger partial charge in [0.05, 0.1) is 12.7 Å². The summed E-state index contributed by atoms with van der Waals surface area (Å²) in [6.45, 7) is 2.48. The molecule has 0 heterocycles. The van der Waals surface area contributed by atoms with Gasteiger partial charge in [-0.3, -0.25) is 0 Å². The maximum atomic E-state index is 10.1. The zero-order valence-corrected chi connectivity index (χ0v) is 13.0. The van der Waals surface area contributed by atoms with E-state index in [2.05, 4.69) is 29.6 Å². The van der Waals surface area contributed by atoms with Gasteiger partial charge >= 0.3 is 0 Å². The van der Waals surface area contributed by atoms with Gasteiger partial charge in [-0.25, -0.2) is 0 Å². The van der Waals surface area contributed by atoms with Gasteiger partial charge in [0, 0.05) is 30.3 Å². The van der Waals surface area contributed by atoms with Gasteiger partial charge in [-0.1, -0.05) is 25.0 Å². The van der Waals surface area contributed by atoms with Crippen LogP contribution in [0.3, 0.4) is 0 Å². The topological polar surface area (TPSA) is 41.5 Å². The van der Waals surface area contributed by atoms with E-state index in [-0.39, 0.29) is 6.10 Å². The van der Waals surface area contributed by atoms with E-state index in [9.17, 15) is 5.11 Å². The van der Waals surface area contributed by atoms with Crippen LogP contribution < -0.4 is 5.32 Å². The normalized spacial score (nSPS) is 22.9. The standard InChI is InChI=1S/C16H25NO2S/c1-19-10-9-17-12-13-5-4-6-14(11-13)20-16-8-3-2-7-15(16)18/h4-6,11,15-18H,2-3,7-10,12H2,1H3. The van der Waals surface area contributed by atoms with Crippen molar-refractivity contribution >= 4 is 11.8 Å². The van der Waals surface area contributed by atoms with Crippen molar-refractivity contribution in [2.45, 2.75) is 48.5 Å². The SMILES string of the molecule is COCCNCc1cccc(SC2CCCCC2O)c1. The summed E-state index contributed by atoms with van der Waals surface area (Å²) >= 11 is 1.83. The molecule has 0 radical (unpaired) electrons. The average molecular weight is 295 g/mol. The van der Waals surface area contributed by atoms with E-state index >= 15 is 0 Å². The molecule has 0 saturated heterocycles. The third-order valence-corrected chi connectivity index (χ3v) is 5.04. The summed E-state index contributed by atoms with van der Waals surface area (Å²) in [5.41, 5.74) is 1.29. The van der Waals surface area contributed by atoms with E-state index in [0.29, 0.717) is 5.25 Å². The molecule has 1 fully saturated rings. The number of aliphatic hydroxyl groups is 1. The first-order valence-corrected chi connectivity index (χ1v) is 8.31. The van der Waals surface area contributed by atoms with Crippen LogP contribution >= 0.6 is 11.8 Å². The Kier molecular flexibility index (Phi) is 6.87. The molecule has 4 heteroatoms. The summed E-state index contributed by atoms with van der Waals surface area (Å²) in [7, 11) is 1.72. The Morgan fingerprint density at radius 2 is 2.20 bits per heavy atom. The maximum Gasteiger partial charge on any atom is 0.0662 e. The van der Waals surface area contributed by atoms with Crippen LogP contribution in [0.1, 0.15) is 31.2 Å². The molecule has 0 spiro atoms. The largest absolute Gasteiger partial charge is 0.392 e. The molecule has 112 valence electrons. The molecule has 20 heavy (non-hydrogen) atoms. The van der Waals surface area contributed by atoms with Crippen molar-refractivity contribution in [2.24, 2.45) is 0 Å². The monoisotopic (exact) mass is 295 g/mol. The van der Waals surface area contributed by atoms with Gasteiger partial charge in [0.2, 0.25) is 0 Å². The average Bonchev–Trinajstić information content (AvgIpc) is 2.47. The fourth-order valence-electron chi connectivity index (χ4n) is 2.53. The Balaban J connectivity index is 1.85. The summed E-state index contributed by atoms with van der Waals surface area (Å²) in [5, 5.41) is 13.8. The van der Waals surface area contributed by atoms with Gasteiger partial charge in [0.1, 0.15) is 0 Å². The molecule has 0 aliphatic heterocycles. The van der Waals surface area contributed by atoms with Crippen LogP contribution in [0.4, 0.5) is 0 Å². The summed E-state index contributed by atoms with van der Waals surface area (Å²) in [5.74, 6) is 0. The number of rotatable bonds is 7. The predicted octanol–water partition coefficient (Wildman–Crippen LogP) is 2.82. The van der Waals surface area contributed by atoms with Crippen molar-refractivity contribution in [3.05, 3.63) is 29.8 Å². The van der Waals surface area contributed by atoms with Gasteiger partial charge in [-0.2, -0.15) is 0 Å². The third-order valence-electron chi connectivity index (χ3n) is 3.67. The Labute approximate surface area is 126 Å². The Morgan fingerprint density at radius 3 is 3.00 bits per heavy atom. The molecule has 0 aromatic heterocycles. The maximum absolute atomic E-state index is 10.1. The zero-order valence-electron chi connectivity index (χ0n) is 12.2. The second-order valence-corrected chi connectivity index (χ2v) is 6.64. The second kappa shape index (κ2) is 8.67. The summed E-state index contributed by atoms with van der Waals surface area (Å²) < 4.78 is 5.02. The molecule has 1 aliphatic rings. The Hall–Kier alpha value is -0.550. The zero-order chi connectivity index (χ0) is 14.2. The van der Waals surface area contributed by atoms with Gasteiger partial charge in [-0.05, 0) is 30.5 Å². The lowest BCUT2D eigenvalue weighted by molar-refractivity contribution is 0.137. The fraction of sp³-hybridized carbons (Fsp3) is 0.625. The molecule has 0 amide bonds. The second-order valence-electron chi connectivity index (χ2n) is 5.33. The number of methoxy groups -OCH3 is 1. The van der Waals surface area contributed by atoms with Crippen molar-refractivity contribution < 1.29 is 9.84 Å². The van der Waals surface area contributed by atoms with Crippen molar-refractivity contribution in [1.82, 2.24) is 5.32 Å². The van der Waals surface area contributed by atoms with E-state index in [4.69, 9.17) is 4.74 Å². The highest BCUT2D eigenvalue weighted by atomic mass is 32.2. The van der Waals surface area contributed by atoms with Crippen molar-refractivity contribution in [1.29, 1.82) is 0 Å². The molecular formula is C16H25NO2S. The molecule has 2 atom stereocenters. The molecule has 2 rings (SSSR count). The number of benzene rings is 1. The van der Waals surface area contributed by atoms with Gasteiger partial charge in [0.15, 0.2) is 0 Å². The predicted molar refractivity (Wildman–Crippen MR) is 84.1 cm³/mol. The summed E-state index contributed by atoms with van der Waals surface area (Å²) in [4.78, 5) is 1.27.